The molecule has 2 aromatic rings. The van der Waals surface area contributed by atoms with Crippen LogP contribution in [0.5, 0.6) is 0 Å². The quantitative estimate of drug-likeness (QED) is 0.841. The van der Waals surface area contributed by atoms with E-state index in [9.17, 15) is 4.79 Å². The van der Waals surface area contributed by atoms with Gasteiger partial charge in [-0.25, -0.2) is 0 Å². The summed E-state index contributed by atoms with van der Waals surface area (Å²) in [5, 5.41) is 11.1. The summed E-state index contributed by atoms with van der Waals surface area (Å²) in [5.74, 6) is -0.401. The third-order valence-electron chi connectivity index (χ3n) is 2.88. The highest BCUT2D eigenvalue weighted by Crippen LogP contribution is 2.10. The van der Waals surface area contributed by atoms with E-state index in [1.54, 1.807) is 12.3 Å². The summed E-state index contributed by atoms with van der Waals surface area (Å²) in [4.78, 5) is 11.1. The Morgan fingerprint density at radius 3 is 2.79 bits per heavy atom. The van der Waals surface area contributed by atoms with E-state index in [0.717, 1.165) is 16.8 Å². The van der Waals surface area contributed by atoms with Crippen molar-refractivity contribution in [1.29, 1.82) is 0 Å². The molecule has 1 aromatic heterocycles. The van der Waals surface area contributed by atoms with E-state index in [1.165, 1.54) is 0 Å². The molecule has 1 amide bonds. The fourth-order valence-electron chi connectivity index (χ4n) is 1.80. The molecule has 0 unspecified atom stereocenters. The van der Waals surface area contributed by atoms with Gasteiger partial charge in [-0.3, -0.25) is 4.79 Å². The van der Waals surface area contributed by atoms with Gasteiger partial charge in [0.1, 0.15) is 0 Å². The predicted molar refractivity (Wildman–Crippen MR) is 72.3 cm³/mol. The molecule has 0 saturated heterocycles. The van der Waals surface area contributed by atoms with Crippen LogP contribution in [0.15, 0.2) is 36.5 Å². The molecule has 0 saturated carbocycles. The van der Waals surface area contributed by atoms with Crippen LogP contribution in [0.2, 0.25) is 0 Å². The van der Waals surface area contributed by atoms with Crippen LogP contribution in [0.1, 0.15) is 27.2 Å². The second kappa shape index (κ2) is 6.06. The van der Waals surface area contributed by atoms with Gasteiger partial charge in [0.15, 0.2) is 0 Å². The molecule has 0 aliphatic rings. The van der Waals surface area contributed by atoms with Crippen LogP contribution >= 0.6 is 0 Å². The second-order valence-corrected chi connectivity index (χ2v) is 4.32. The number of aromatic nitrogens is 2. The van der Waals surface area contributed by atoms with Gasteiger partial charge in [0.05, 0.1) is 5.69 Å². The van der Waals surface area contributed by atoms with Gasteiger partial charge in [0.2, 0.25) is 5.91 Å². The monoisotopic (exact) mass is 256 g/mol. The Kier molecular flexibility index (Phi) is 4.20. The minimum Gasteiger partial charge on any atom is -0.366 e. The zero-order valence-corrected chi connectivity index (χ0v) is 10.8. The molecule has 0 aliphatic heterocycles. The van der Waals surface area contributed by atoms with Gasteiger partial charge in [-0.2, -0.15) is 10.2 Å². The summed E-state index contributed by atoms with van der Waals surface area (Å²) in [5.41, 5.74) is 8.85. The molecule has 2 rings (SSSR count). The predicted octanol–water partition coefficient (Wildman–Crippen LogP) is 1.17. The van der Waals surface area contributed by atoms with E-state index < -0.39 is 5.91 Å². The Morgan fingerprint density at radius 2 is 2.16 bits per heavy atom. The Bertz CT molecular complexity index is 569. The lowest BCUT2D eigenvalue weighted by atomic mass is 10.0. The minimum atomic E-state index is -0.401. The lowest BCUT2D eigenvalue weighted by Crippen LogP contribution is -2.16. The molecule has 98 valence electrons. The van der Waals surface area contributed by atoms with Gasteiger partial charge < -0.3 is 11.1 Å². The van der Waals surface area contributed by atoms with E-state index in [-0.39, 0.29) is 0 Å². The van der Waals surface area contributed by atoms with Crippen molar-refractivity contribution in [3.63, 3.8) is 0 Å². The van der Waals surface area contributed by atoms with Crippen LogP contribution in [0, 0.1) is 6.92 Å². The highest BCUT2D eigenvalue weighted by Gasteiger charge is 2.04. The standard InChI is InChI=1S/C14H16N4O/c1-10-7-11(14(15)19)4-5-12(10)8-16-9-13-3-2-6-17-18-13/h2-7,16H,8-9H2,1H3,(H2,15,19). The maximum Gasteiger partial charge on any atom is 0.248 e. The minimum absolute atomic E-state index is 0.401. The summed E-state index contributed by atoms with van der Waals surface area (Å²) in [7, 11) is 0. The Labute approximate surface area is 111 Å². The van der Waals surface area contributed by atoms with E-state index in [1.807, 2.05) is 31.2 Å². The summed E-state index contributed by atoms with van der Waals surface area (Å²) >= 11 is 0. The second-order valence-electron chi connectivity index (χ2n) is 4.32. The number of primary amides is 1. The van der Waals surface area contributed by atoms with Crippen LogP contribution in [0.3, 0.4) is 0 Å². The van der Waals surface area contributed by atoms with Crippen LogP contribution in [0.4, 0.5) is 0 Å². The third kappa shape index (κ3) is 3.59. The molecule has 5 heteroatoms. The van der Waals surface area contributed by atoms with Crippen molar-refractivity contribution in [3.05, 3.63) is 58.9 Å². The Hall–Kier alpha value is -2.27. The normalized spacial score (nSPS) is 10.4. The van der Waals surface area contributed by atoms with Crippen molar-refractivity contribution >= 4 is 5.91 Å². The summed E-state index contributed by atoms with van der Waals surface area (Å²) in [6.07, 6.45) is 1.65. The van der Waals surface area contributed by atoms with E-state index in [0.29, 0.717) is 18.7 Å². The zero-order valence-electron chi connectivity index (χ0n) is 10.8. The molecule has 1 aromatic carbocycles. The average molecular weight is 256 g/mol. The SMILES string of the molecule is Cc1cc(C(N)=O)ccc1CNCc1cccnn1. The van der Waals surface area contributed by atoms with Gasteiger partial charge in [0, 0.05) is 24.8 Å². The van der Waals surface area contributed by atoms with Gasteiger partial charge >= 0.3 is 0 Å². The summed E-state index contributed by atoms with van der Waals surface area (Å²) < 4.78 is 0. The largest absolute Gasteiger partial charge is 0.366 e. The first kappa shape index (κ1) is 13.2. The number of aryl methyl sites for hydroxylation is 1. The lowest BCUT2D eigenvalue weighted by molar-refractivity contribution is 0.1000. The van der Waals surface area contributed by atoms with E-state index in [4.69, 9.17) is 5.73 Å². The highest BCUT2D eigenvalue weighted by atomic mass is 16.1. The third-order valence-corrected chi connectivity index (χ3v) is 2.88. The van der Waals surface area contributed by atoms with Gasteiger partial charge in [0.25, 0.3) is 0 Å². The molecule has 1 heterocycles. The van der Waals surface area contributed by atoms with E-state index in [2.05, 4.69) is 15.5 Å². The number of hydrogen-bond acceptors (Lipinski definition) is 4. The van der Waals surface area contributed by atoms with Crippen molar-refractivity contribution in [2.45, 2.75) is 20.0 Å². The number of nitrogens with zero attached hydrogens (tertiary/aromatic N) is 2. The van der Waals surface area contributed by atoms with Crippen LogP contribution in [-0.4, -0.2) is 16.1 Å². The zero-order chi connectivity index (χ0) is 13.7. The van der Waals surface area contributed by atoms with Crippen LogP contribution in [0.25, 0.3) is 0 Å². The molecule has 0 fully saturated rings. The molecule has 19 heavy (non-hydrogen) atoms. The maximum absolute atomic E-state index is 11.1. The molecular weight excluding hydrogens is 240 g/mol. The van der Waals surface area contributed by atoms with Gasteiger partial charge in [-0.1, -0.05) is 6.07 Å². The fourth-order valence-corrected chi connectivity index (χ4v) is 1.80. The van der Waals surface area contributed by atoms with Gasteiger partial charge in [-0.05, 0) is 42.3 Å². The van der Waals surface area contributed by atoms with Gasteiger partial charge in [-0.15, -0.1) is 0 Å². The maximum atomic E-state index is 11.1. The highest BCUT2D eigenvalue weighted by molar-refractivity contribution is 5.93. The Balaban J connectivity index is 1.95. The topological polar surface area (TPSA) is 80.9 Å². The first-order valence-corrected chi connectivity index (χ1v) is 6.03. The number of nitrogens with one attached hydrogen (secondary N) is 1. The molecule has 5 nitrogen and oxygen atoms in total. The number of hydrogen-bond donors (Lipinski definition) is 2. The smallest absolute Gasteiger partial charge is 0.248 e. The van der Waals surface area contributed by atoms with Crippen molar-refractivity contribution in [3.8, 4) is 0 Å². The van der Waals surface area contributed by atoms with Crippen LogP contribution < -0.4 is 11.1 Å². The number of nitrogens with two attached hydrogens (primary N) is 1. The molecule has 0 spiro atoms. The Morgan fingerprint density at radius 1 is 1.32 bits per heavy atom. The molecule has 3 N–H and O–H groups in total. The number of amides is 1. The number of benzene rings is 1. The molecule has 0 bridgehead atoms. The lowest BCUT2D eigenvalue weighted by Gasteiger charge is -2.08. The summed E-state index contributed by atoms with van der Waals surface area (Å²) in [6.45, 7) is 3.33. The van der Waals surface area contributed by atoms with Crippen molar-refractivity contribution < 1.29 is 4.79 Å². The molecular formula is C14H16N4O. The van der Waals surface area contributed by atoms with E-state index >= 15 is 0 Å². The fraction of sp³-hybridized carbons (Fsp3) is 0.214. The number of carbonyl (C=O) groups excluding carboxylic acids is 1. The first-order chi connectivity index (χ1) is 9.16. The first-order valence-electron chi connectivity index (χ1n) is 6.03. The molecule has 0 aliphatic carbocycles. The van der Waals surface area contributed by atoms with Crippen LogP contribution in [-0.2, 0) is 13.1 Å². The number of carbonyl (C=O) groups is 1. The van der Waals surface area contributed by atoms with Crippen molar-refractivity contribution in [2.75, 3.05) is 0 Å². The van der Waals surface area contributed by atoms with Crippen molar-refractivity contribution in [1.82, 2.24) is 15.5 Å². The summed E-state index contributed by atoms with van der Waals surface area (Å²) in [6, 6.07) is 9.25. The van der Waals surface area contributed by atoms with Crippen molar-refractivity contribution in [2.24, 2.45) is 5.73 Å². The molecule has 0 radical (unpaired) electrons. The molecule has 0 atom stereocenters. The number of rotatable bonds is 5. The average Bonchev–Trinajstić information content (AvgIpc) is 2.41.